The molecular formula is C11H20O3. The molecule has 0 aromatic carbocycles. The van der Waals surface area contributed by atoms with Gasteiger partial charge in [0.1, 0.15) is 0 Å². The van der Waals surface area contributed by atoms with Gasteiger partial charge in [0.15, 0.2) is 0 Å². The standard InChI is InChI=1S/C11H20O3/c1-2-6-9(10(12)13)11(14)7-4-3-5-8-11/h9,14H,2-8H2,1H3,(H,12,13). The molecule has 0 aliphatic heterocycles. The predicted octanol–water partition coefficient (Wildman–Crippen LogP) is 2.18. The minimum absolute atomic E-state index is 0.562. The summed E-state index contributed by atoms with van der Waals surface area (Å²) < 4.78 is 0. The lowest BCUT2D eigenvalue weighted by atomic mass is 9.74. The molecule has 1 unspecified atom stereocenters. The Morgan fingerprint density at radius 3 is 2.36 bits per heavy atom. The van der Waals surface area contributed by atoms with Crippen molar-refractivity contribution in [1.82, 2.24) is 0 Å². The molecule has 1 aliphatic rings. The van der Waals surface area contributed by atoms with Crippen molar-refractivity contribution in [3.05, 3.63) is 0 Å². The second-order valence-electron chi connectivity index (χ2n) is 4.34. The molecular weight excluding hydrogens is 180 g/mol. The first-order valence-corrected chi connectivity index (χ1v) is 5.55. The van der Waals surface area contributed by atoms with Crippen molar-refractivity contribution < 1.29 is 15.0 Å². The molecule has 3 heteroatoms. The molecule has 1 aliphatic carbocycles. The number of carbonyl (C=O) groups is 1. The third kappa shape index (κ3) is 2.47. The van der Waals surface area contributed by atoms with Crippen LogP contribution >= 0.6 is 0 Å². The highest BCUT2D eigenvalue weighted by molar-refractivity contribution is 5.71. The van der Waals surface area contributed by atoms with Crippen LogP contribution in [0.4, 0.5) is 0 Å². The van der Waals surface area contributed by atoms with Crippen molar-refractivity contribution in [2.45, 2.75) is 57.5 Å². The first-order valence-electron chi connectivity index (χ1n) is 5.55. The van der Waals surface area contributed by atoms with Crippen LogP contribution in [0.25, 0.3) is 0 Å². The molecule has 0 heterocycles. The van der Waals surface area contributed by atoms with E-state index in [-0.39, 0.29) is 0 Å². The maximum Gasteiger partial charge on any atom is 0.309 e. The van der Waals surface area contributed by atoms with E-state index in [0.29, 0.717) is 19.3 Å². The average molecular weight is 200 g/mol. The molecule has 14 heavy (non-hydrogen) atoms. The smallest absolute Gasteiger partial charge is 0.309 e. The van der Waals surface area contributed by atoms with Gasteiger partial charge in [-0.05, 0) is 19.3 Å². The number of hydrogen-bond acceptors (Lipinski definition) is 2. The maximum absolute atomic E-state index is 11.0. The van der Waals surface area contributed by atoms with Crippen LogP contribution in [0, 0.1) is 5.92 Å². The van der Waals surface area contributed by atoms with Crippen molar-refractivity contribution in [2.75, 3.05) is 0 Å². The van der Waals surface area contributed by atoms with E-state index in [1.165, 1.54) is 0 Å². The third-order valence-electron chi connectivity index (χ3n) is 3.24. The van der Waals surface area contributed by atoms with Gasteiger partial charge in [0.05, 0.1) is 11.5 Å². The maximum atomic E-state index is 11.0. The van der Waals surface area contributed by atoms with Crippen molar-refractivity contribution in [1.29, 1.82) is 0 Å². The quantitative estimate of drug-likeness (QED) is 0.731. The van der Waals surface area contributed by atoms with Crippen LogP contribution in [0.5, 0.6) is 0 Å². The molecule has 0 aromatic heterocycles. The molecule has 0 amide bonds. The predicted molar refractivity (Wildman–Crippen MR) is 54.1 cm³/mol. The molecule has 0 aromatic rings. The monoisotopic (exact) mass is 200 g/mol. The number of hydrogen-bond donors (Lipinski definition) is 2. The number of carboxylic acids is 1. The minimum atomic E-state index is -0.930. The Labute approximate surface area is 85.1 Å². The molecule has 1 rings (SSSR count). The Morgan fingerprint density at radius 2 is 1.93 bits per heavy atom. The Kier molecular flexibility index (Phi) is 3.93. The van der Waals surface area contributed by atoms with Gasteiger partial charge in [-0.3, -0.25) is 4.79 Å². The van der Waals surface area contributed by atoms with Crippen molar-refractivity contribution in [2.24, 2.45) is 5.92 Å². The van der Waals surface area contributed by atoms with E-state index in [1.54, 1.807) is 0 Å². The highest BCUT2D eigenvalue weighted by Gasteiger charge is 2.41. The highest BCUT2D eigenvalue weighted by Crippen LogP contribution is 2.36. The molecule has 0 bridgehead atoms. The van der Waals surface area contributed by atoms with Crippen molar-refractivity contribution >= 4 is 5.97 Å². The third-order valence-corrected chi connectivity index (χ3v) is 3.24. The summed E-state index contributed by atoms with van der Waals surface area (Å²) in [6.07, 6.45) is 5.77. The fourth-order valence-electron chi connectivity index (χ4n) is 2.42. The Hall–Kier alpha value is -0.570. The first kappa shape index (κ1) is 11.5. The normalized spacial score (nSPS) is 23.0. The summed E-state index contributed by atoms with van der Waals surface area (Å²) in [7, 11) is 0. The van der Waals surface area contributed by atoms with E-state index in [2.05, 4.69) is 0 Å². The molecule has 1 atom stereocenters. The SMILES string of the molecule is CCCC(C(=O)O)C1(O)CCCCC1. The van der Waals surface area contributed by atoms with Gasteiger partial charge in [0.25, 0.3) is 0 Å². The minimum Gasteiger partial charge on any atom is -0.481 e. The topological polar surface area (TPSA) is 57.5 Å². The van der Waals surface area contributed by atoms with E-state index >= 15 is 0 Å². The second-order valence-corrected chi connectivity index (χ2v) is 4.34. The van der Waals surface area contributed by atoms with Crippen LogP contribution in [-0.4, -0.2) is 21.8 Å². The Morgan fingerprint density at radius 1 is 1.36 bits per heavy atom. The molecule has 3 nitrogen and oxygen atoms in total. The lowest BCUT2D eigenvalue weighted by Gasteiger charge is -2.36. The van der Waals surface area contributed by atoms with Gasteiger partial charge in [-0.25, -0.2) is 0 Å². The average Bonchev–Trinajstić information content (AvgIpc) is 2.14. The van der Waals surface area contributed by atoms with Gasteiger partial charge in [-0.15, -0.1) is 0 Å². The molecule has 0 radical (unpaired) electrons. The summed E-state index contributed by atoms with van der Waals surface area (Å²) >= 11 is 0. The Balaban J connectivity index is 2.68. The highest BCUT2D eigenvalue weighted by atomic mass is 16.4. The number of aliphatic carboxylic acids is 1. The van der Waals surface area contributed by atoms with E-state index in [1.807, 2.05) is 6.92 Å². The van der Waals surface area contributed by atoms with Crippen LogP contribution in [0.2, 0.25) is 0 Å². The molecule has 1 saturated carbocycles. The number of rotatable bonds is 4. The van der Waals surface area contributed by atoms with Crippen LogP contribution in [0.1, 0.15) is 51.9 Å². The van der Waals surface area contributed by atoms with Gasteiger partial charge in [-0.1, -0.05) is 32.6 Å². The summed E-state index contributed by atoms with van der Waals surface area (Å²) in [6.45, 7) is 1.96. The molecule has 1 fully saturated rings. The lowest BCUT2D eigenvalue weighted by Crippen LogP contribution is -2.43. The van der Waals surface area contributed by atoms with Gasteiger partial charge in [-0.2, -0.15) is 0 Å². The largest absolute Gasteiger partial charge is 0.481 e. The fraction of sp³-hybridized carbons (Fsp3) is 0.909. The van der Waals surface area contributed by atoms with Gasteiger partial charge in [0, 0.05) is 0 Å². The molecule has 82 valence electrons. The summed E-state index contributed by atoms with van der Waals surface area (Å²) in [5, 5.41) is 19.3. The summed E-state index contributed by atoms with van der Waals surface area (Å²) in [6, 6.07) is 0. The molecule has 2 N–H and O–H groups in total. The van der Waals surface area contributed by atoms with Gasteiger partial charge in [0.2, 0.25) is 0 Å². The van der Waals surface area contributed by atoms with Crippen molar-refractivity contribution in [3.8, 4) is 0 Å². The zero-order valence-electron chi connectivity index (χ0n) is 8.83. The summed E-state index contributed by atoms with van der Waals surface area (Å²) in [4.78, 5) is 11.0. The molecule has 0 spiro atoms. The lowest BCUT2D eigenvalue weighted by molar-refractivity contribution is -0.155. The van der Waals surface area contributed by atoms with E-state index < -0.39 is 17.5 Å². The van der Waals surface area contributed by atoms with Crippen LogP contribution < -0.4 is 0 Å². The van der Waals surface area contributed by atoms with E-state index in [9.17, 15) is 9.90 Å². The summed E-state index contributed by atoms with van der Waals surface area (Å²) in [5.41, 5.74) is -0.930. The van der Waals surface area contributed by atoms with Crippen LogP contribution in [-0.2, 0) is 4.79 Å². The summed E-state index contributed by atoms with van der Waals surface area (Å²) in [5.74, 6) is -1.40. The van der Waals surface area contributed by atoms with Crippen molar-refractivity contribution in [3.63, 3.8) is 0 Å². The second kappa shape index (κ2) is 4.78. The van der Waals surface area contributed by atoms with E-state index in [4.69, 9.17) is 5.11 Å². The van der Waals surface area contributed by atoms with Gasteiger partial charge < -0.3 is 10.2 Å². The Bertz CT molecular complexity index is 195. The number of aliphatic hydroxyl groups is 1. The zero-order valence-corrected chi connectivity index (χ0v) is 8.83. The number of carboxylic acid groups (broad SMARTS) is 1. The zero-order chi connectivity index (χ0) is 10.6. The molecule has 0 saturated heterocycles. The van der Waals surface area contributed by atoms with Crippen LogP contribution in [0.15, 0.2) is 0 Å². The first-order chi connectivity index (χ1) is 6.60. The van der Waals surface area contributed by atoms with E-state index in [0.717, 1.165) is 25.7 Å². The van der Waals surface area contributed by atoms with Crippen LogP contribution in [0.3, 0.4) is 0 Å². The van der Waals surface area contributed by atoms with Gasteiger partial charge >= 0.3 is 5.97 Å². The fourth-order valence-corrected chi connectivity index (χ4v) is 2.42.